The van der Waals surface area contributed by atoms with Crippen LogP contribution in [0, 0.1) is 5.92 Å². The Kier molecular flexibility index (Phi) is 4.61. The molecular weight excluding hydrogens is 284 g/mol. The molecule has 7 nitrogen and oxygen atoms in total. The van der Waals surface area contributed by atoms with E-state index >= 15 is 0 Å². The van der Waals surface area contributed by atoms with Gasteiger partial charge in [-0.25, -0.2) is 9.78 Å². The number of aliphatic hydroxyl groups is 1. The van der Waals surface area contributed by atoms with Gasteiger partial charge in [-0.1, -0.05) is 11.6 Å². The number of ether oxygens (including phenoxy) is 1. The average Bonchev–Trinajstić information content (AvgIpc) is 2.45. The van der Waals surface area contributed by atoms with Gasteiger partial charge in [-0.3, -0.25) is 0 Å². The SMILES string of the molecule is COC(=O)C(O)C1CCN(c2cc(Cl)nc(N)n2)CC1. The van der Waals surface area contributed by atoms with Gasteiger partial charge in [0, 0.05) is 19.2 Å². The maximum absolute atomic E-state index is 11.3. The number of carbonyl (C=O) groups is 1. The number of nitrogens with zero attached hydrogens (tertiary/aromatic N) is 3. The number of anilines is 2. The maximum Gasteiger partial charge on any atom is 0.334 e. The van der Waals surface area contributed by atoms with Crippen molar-refractivity contribution in [2.75, 3.05) is 30.8 Å². The smallest absolute Gasteiger partial charge is 0.334 e. The Bertz CT molecular complexity index is 471. The molecule has 0 radical (unpaired) electrons. The van der Waals surface area contributed by atoms with Crippen molar-refractivity contribution in [2.45, 2.75) is 18.9 Å². The number of nitrogens with two attached hydrogens (primary N) is 1. The van der Waals surface area contributed by atoms with Gasteiger partial charge in [-0.05, 0) is 18.8 Å². The molecule has 0 bridgehead atoms. The average molecular weight is 301 g/mol. The molecule has 2 rings (SSSR count). The zero-order valence-electron chi connectivity index (χ0n) is 11.1. The zero-order chi connectivity index (χ0) is 14.7. The summed E-state index contributed by atoms with van der Waals surface area (Å²) in [6.45, 7) is 1.32. The molecule has 2 heterocycles. The van der Waals surface area contributed by atoms with Crippen molar-refractivity contribution >= 4 is 29.3 Å². The van der Waals surface area contributed by atoms with E-state index in [2.05, 4.69) is 14.7 Å². The molecule has 1 aromatic rings. The van der Waals surface area contributed by atoms with Gasteiger partial charge in [0.05, 0.1) is 7.11 Å². The number of aliphatic hydroxyl groups excluding tert-OH is 1. The van der Waals surface area contributed by atoms with Crippen molar-refractivity contribution in [2.24, 2.45) is 5.92 Å². The van der Waals surface area contributed by atoms with Gasteiger partial charge in [0.1, 0.15) is 11.0 Å². The van der Waals surface area contributed by atoms with Crippen LogP contribution in [-0.4, -0.2) is 47.3 Å². The summed E-state index contributed by atoms with van der Waals surface area (Å²) in [6, 6.07) is 1.65. The summed E-state index contributed by atoms with van der Waals surface area (Å²) in [6.07, 6.45) is 0.261. The standard InChI is InChI=1S/C12H17ClN4O3/c1-20-11(19)10(18)7-2-4-17(5-3-7)9-6-8(13)15-12(14)16-9/h6-7,10,18H,2-5H2,1H3,(H2,14,15,16). The lowest BCUT2D eigenvalue weighted by Gasteiger charge is -2.34. The van der Waals surface area contributed by atoms with Crippen LogP contribution in [0.3, 0.4) is 0 Å². The molecule has 1 aliphatic heterocycles. The van der Waals surface area contributed by atoms with Gasteiger partial charge in [-0.2, -0.15) is 4.98 Å². The molecule has 0 saturated carbocycles. The highest BCUT2D eigenvalue weighted by molar-refractivity contribution is 6.29. The molecule has 20 heavy (non-hydrogen) atoms. The summed E-state index contributed by atoms with van der Waals surface area (Å²) in [5.74, 6) is 0.101. The normalized spacial score (nSPS) is 17.9. The van der Waals surface area contributed by atoms with Crippen LogP contribution < -0.4 is 10.6 Å². The summed E-state index contributed by atoms with van der Waals surface area (Å²) in [5, 5.41) is 10.1. The second-order valence-corrected chi connectivity index (χ2v) is 5.09. The molecule has 1 aromatic heterocycles. The van der Waals surface area contributed by atoms with Gasteiger partial charge in [0.2, 0.25) is 5.95 Å². The number of halogens is 1. The lowest BCUT2D eigenvalue weighted by Crippen LogP contribution is -2.41. The fourth-order valence-corrected chi connectivity index (χ4v) is 2.53. The summed E-state index contributed by atoms with van der Waals surface area (Å²) in [7, 11) is 1.27. The predicted octanol–water partition coefficient (Wildman–Crippen LogP) is 0.462. The molecule has 3 N–H and O–H groups in total. The lowest BCUT2D eigenvalue weighted by molar-refractivity contribution is -0.153. The van der Waals surface area contributed by atoms with Crippen LogP contribution in [0.4, 0.5) is 11.8 Å². The highest BCUT2D eigenvalue weighted by atomic mass is 35.5. The minimum atomic E-state index is -1.07. The summed E-state index contributed by atoms with van der Waals surface area (Å²) in [4.78, 5) is 21.3. The van der Waals surface area contributed by atoms with Crippen molar-refractivity contribution < 1.29 is 14.6 Å². The molecule has 1 atom stereocenters. The number of esters is 1. The second kappa shape index (κ2) is 6.23. The van der Waals surface area contributed by atoms with E-state index in [0.29, 0.717) is 36.9 Å². The summed E-state index contributed by atoms with van der Waals surface area (Å²) < 4.78 is 4.55. The Morgan fingerprint density at radius 2 is 2.20 bits per heavy atom. The van der Waals surface area contributed by atoms with Crippen LogP contribution in [0.15, 0.2) is 6.07 Å². The van der Waals surface area contributed by atoms with Crippen molar-refractivity contribution in [3.8, 4) is 0 Å². The minimum Gasteiger partial charge on any atom is -0.467 e. The fraction of sp³-hybridized carbons (Fsp3) is 0.583. The maximum atomic E-state index is 11.3. The number of aromatic nitrogens is 2. The zero-order valence-corrected chi connectivity index (χ0v) is 11.9. The highest BCUT2D eigenvalue weighted by Gasteiger charge is 2.30. The highest BCUT2D eigenvalue weighted by Crippen LogP contribution is 2.26. The Morgan fingerprint density at radius 1 is 1.55 bits per heavy atom. The molecule has 1 aliphatic rings. The molecule has 110 valence electrons. The van der Waals surface area contributed by atoms with E-state index in [9.17, 15) is 9.90 Å². The number of hydrogen-bond donors (Lipinski definition) is 2. The van der Waals surface area contributed by atoms with Crippen LogP contribution in [0.1, 0.15) is 12.8 Å². The first-order chi connectivity index (χ1) is 9.51. The van der Waals surface area contributed by atoms with Crippen molar-refractivity contribution in [3.63, 3.8) is 0 Å². The van der Waals surface area contributed by atoms with Gasteiger partial charge < -0.3 is 20.5 Å². The van der Waals surface area contributed by atoms with E-state index < -0.39 is 12.1 Å². The van der Waals surface area contributed by atoms with Crippen LogP contribution >= 0.6 is 11.6 Å². The van der Waals surface area contributed by atoms with Gasteiger partial charge >= 0.3 is 5.97 Å². The molecular formula is C12H17ClN4O3. The van der Waals surface area contributed by atoms with E-state index in [1.807, 2.05) is 4.90 Å². The Morgan fingerprint density at radius 3 is 2.75 bits per heavy atom. The Balaban J connectivity index is 1.99. The first-order valence-electron chi connectivity index (χ1n) is 6.32. The third-order valence-electron chi connectivity index (χ3n) is 3.45. The van der Waals surface area contributed by atoms with Gasteiger partial charge in [-0.15, -0.1) is 0 Å². The number of hydrogen-bond acceptors (Lipinski definition) is 7. The number of methoxy groups -OCH3 is 1. The lowest BCUT2D eigenvalue weighted by atomic mass is 9.91. The van der Waals surface area contributed by atoms with Gasteiger partial charge in [0.25, 0.3) is 0 Å². The quantitative estimate of drug-likeness (QED) is 0.617. The van der Waals surface area contributed by atoms with E-state index in [4.69, 9.17) is 17.3 Å². The van der Waals surface area contributed by atoms with E-state index in [1.54, 1.807) is 6.07 Å². The topological polar surface area (TPSA) is 102 Å². The van der Waals surface area contributed by atoms with Gasteiger partial charge in [0.15, 0.2) is 6.10 Å². The third kappa shape index (κ3) is 3.29. The van der Waals surface area contributed by atoms with Crippen molar-refractivity contribution in [3.05, 3.63) is 11.2 Å². The van der Waals surface area contributed by atoms with Crippen LogP contribution in [0.2, 0.25) is 5.15 Å². The van der Waals surface area contributed by atoms with Crippen LogP contribution in [0.25, 0.3) is 0 Å². The van der Waals surface area contributed by atoms with E-state index in [1.165, 1.54) is 7.11 Å². The molecule has 0 aromatic carbocycles. The number of piperidine rings is 1. The van der Waals surface area contributed by atoms with Crippen molar-refractivity contribution in [1.82, 2.24) is 9.97 Å². The molecule has 1 fully saturated rings. The fourth-order valence-electron chi connectivity index (χ4n) is 2.34. The van der Waals surface area contributed by atoms with Crippen LogP contribution in [-0.2, 0) is 9.53 Å². The first-order valence-corrected chi connectivity index (χ1v) is 6.70. The number of carbonyl (C=O) groups excluding carboxylic acids is 1. The van der Waals surface area contributed by atoms with Crippen molar-refractivity contribution in [1.29, 1.82) is 0 Å². The Labute approximate surface area is 121 Å². The second-order valence-electron chi connectivity index (χ2n) is 4.70. The first kappa shape index (κ1) is 14.8. The molecule has 0 aliphatic carbocycles. The number of rotatable bonds is 3. The van der Waals surface area contributed by atoms with E-state index in [0.717, 1.165) is 0 Å². The summed E-state index contributed by atoms with van der Waals surface area (Å²) >= 11 is 5.85. The summed E-state index contributed by atoms with van der Waals surface area (Å²) in [5.41, 5.74) is 5.56. The minimum absolute atomic E-state index is 0.103. The third-order valence-corrected chi connectivity index (χ3v) is 3.65. The molecule has 0 amide bonds. The molecule has 8 heteroatoms. The Hall–Kier alpha value is -1.60. The molecule has 0 spiro atoms. The monoisotopic (exact) mass is 300 g/mol. The largest absolute Gasteiger partial charge is 0.467 e. The van der Waals surface area contributed by atoms with E-state index in [-0.39, 0.29) is 11.9 Å². The number of nitrogen functional groups attached to an aromatic ring is 1. The molecule has 1 unspecified atom stereocenters. The van der Waals surface area contributed by atoms with Crippen LogP contribution in [0.5, 0.6) is 0 Å². The predicted molar refractivity (Wildman–Crippen MR) is 74.4 cm³/mol. The molecule has 1 saturated heterocycles.